The summed E-state index contributed by atoms with van der Waals surface area (Å²) in [5, 5.41) is 2.95. The number of nitrogens with one attached hydrogen (secondary N) is 1. The van der Waals surface area contributed by atoms with Gasteiger partial charge in [0.1, 0.15) is 5.75 Å². The maximum atomic E-state index is 12.2. The minimum absolute atomic E-state index is 0.0256. The van der Waals surface area contributed by atoms with Crippen LogP contribution in [0.5, 0.6) is 17.2 Å². The number of rotatable bonds is 9. The van der Waals surface area contributed by atoms with Crippen molar-refractivity contribution in [1.29, 1.82) is 0 Å². The average molecular weight is 371 g/mol. The molecule has 27 heavy (non-hydrogen) atoms. The lowest BCUT2D eigenvalue weighted by atomic mass is 10.1. The van der Waals surface area contributed by atoms with Crippen LogP contribution in [0, 0.1) is 13.8 Å². The topological polar surface area (TPSA) is 56.8 Å². The number of carbonyl (C=O) groups is 1. The summed E-state index contributed by atoms with van der Waals surface area (Å²) in [4.78, 5) is 12.2. The minimum atomic E-state index is -0.174. The molecule has 0 spiro atoms. The lowest BCUT2D eigenvalue weighted by molar-refractivity contribution is -0.123. The molecule has 2 rings (SSSR count). The van der Waals surface area contributed by atoms with Crippen LogP contribution in [0.2, 0.25) is 0 Å². The minimum Gasteiger partial charge on any atom is -0.490 e. The highest BCUT2D eigenvalue weighted by Crippen LogP contribution is 2.30. The van der Waals surface area contributed by atoms with Crippen LogP contribution in [0.3, 0.4) is 0 Å². The van der Waals surface area contributed by atoms with Crippen LogP contribution in [-0.2, 0) is 4.79 Å². The Bertz CT molecular complexity index is 773. The molecule has 5 nitrogen and oxygen atoms in total. The van der Waals surface area contributed by atoms with Gasteiger partial charge in [-0.15, -0.1) is 0 Å². The van der Waals surface area contributed by atoms with Gasteiger partial charge in [0, 0.05) is 0 Å². The molecule has 0 saturated heterocycles. The molecule has 0 heterocycles. The Kier molecular flexibility index (Phi) is 7.53. The maximum absolute atomic E-state index is 12.2. The molecule has 0 radical (unpaired) electrons. The van der Waals surface area contributed by atoms with Gasteiger partial charge in [0.2, 0.25) is 0 Å². The predicted molar refractivity (Wildman–Crippen MR) is 107 cm³/mol. The van der Waals surface area contributed by atoms with E-state index >= 15 is 0 Å². The monoisotopic (exact) mass is 371 g/mol. The van der Waals surface area contributed by atoms with Gasteiger partial charge < -0.3 is 19.5 Å². The molecule has 0 saturated carbocycles. The summed E-state index contributed by atoms with van der Waals surface area (Å²) in [5.74, 6) is 1.91. The molecule has 0 aliphatic rings. The molecule has 146 valence electrons. The quantitative estimate of drug-likeness (QED) is 0.712. The molecule has 2 aromatic carbocycles. The number of carbonyl (C=O) groups excluding carboxylic acids is 1. The Morgan fingerprint density at radius 1 is 0.926 bits per heavy atom. The first-order valence-electron chi connectivity index (χ1n) is 9.33. The van der Waals surface area contributed by atoms with Crippen molar-refractivity contribution in [3.8, 4) is 17.2 Å². The van der Waals surface area contributed by atoms with Crippen LogP contribution >= 0.6 is 0 Å². The van der Waals surface area contributed by atoms with Gasteiger partial charge in [-0.3, -0.25) is 4.79 Å². The molecule has 0 aliphatic heterocycles. The van der Waals surface area contributed by atoms with Gasteiger partial charge in [-0.2, -0.15) is 0 Å². The lowest BCUT2D eigenvalue weighted by Gasteiger charge is -2.18. The summed E-state index contributed by atoms with van der Waals surface area (Å²) in [7, 11) is 0. The number of hydrogen-bond donors (Lipinski definition) is 1. The first kappa shape index (κ1) is 20.6. The second-order valence-corrected chi connectivity index (χ2v) is 6.40. The predicted octanol–water partition coefficient (Wildman–Crippen LogP) is 4.36. The van der Waals surface area contributed by atoms with Gasteiger partial charge in [0.25, 0.3) is 5.91 Å². The number of aryl methyl sites for hydroxylation is 2. The molecular weight excluding hydrogens is 342 g/mol. The number of hydrogen-bond acceptors (Lipinski definition) is 4. The van der Waals surface area contributed by atoms with E-state index in [1.54, 1.807) is 0 Å². The van der Waals surface area contributed by atoms with Crippen molar-refractivity contribution in [2.45, 2.75) is 40.7 Å². The van der Waals surface area contributed by atoms with Crippen LogP contribution in [0.1, 0.15) is 43.5 Å². The number of benzene rings is 2. The number of ether oxygens (including phenoxy) is 3. The third-order valence-electron chi connectivity index (χ3n) is 4.29. The SMILES string of the molecule is CCOc1ccc([C@H](C)NC(=O)COc2ccc(C)c(C)c2)cc1OCC. The molecule has 2 aromatic rings. The van der Waals surface area contributed by atoms with Gasteiger partial charge in [-0.05, 0) is 75.6 Å². The zero-order valence-electron chi connectivity index (χ0n) is 16.8. The van der Waals surface area contributed by atoms with Crippen LogP contribution in [0.4, 0.5) is 0 Å². The van der Waals surface area contributed by atoms with E-state index in [0.717, 1.165) is 11.1 Å². The first-order chi connectivity index (χ1) is 12.9. The third-order valence-corrected chi connectivity index (χ3v) is 4.29. The molecule has 0 unspecified atom stereocenters. The highest BCUT2D eigenvalue weighted by Gasteiger charge is 2.14. The van der Waals surface area contributed by atoms with Gasteiger partial charge in [0.15, 0.2) is 18.1 Å². The second kappa shape index (κ2) is 9.86. The van der Waals surface area contributed by atoms with Crippen LogP contribution in [-0.4, -0.2) is 25.7 Å². The van der Waals surface area contributed by atoms with Crippen LogP contribution < -0.4 is 19.5 Å². The smallest absolute Gasteiger partial charge is 0.258 e. The largest absolute Gasteiger partial charge is 0.490 e. The van der Waals surface area contributed by atoms with E-state index in [9.17, 15) is 4.79 Å². The van der Waals surface area contributed by atoms with Crippen molar-refractivity contribution in [3.63, 3.8) is 0 Å². The van der Waals surface area contributed by atoms with Gasteiger partial charge >= 0.3 is 0 Å². The zero-order chi connectivity index (χ0) is 19.8. The highest BCUT2D eigenvalue weighted by atomic mass is 16.5. The van der Waals surface area contributed by atoms with Crippen molar-refractivity contribution in [3.05, 3.63) is 53.1 Å². The summed E-state index contributed by atoms with van der Waals surface area (Å²) < 4.78 is 16.8. The average Bonchev–Trinajstić information content (AvgIpc) is 2.64. The molecular formula is C22H29NO4. The van der Waals surface area contributed by atoms with Crippen LogP contribution in [0.25, 0.3) is 0 Å². The summed E-state index contributed by atoms with van der Waals surface area (Å²) in [6, 6.07) is 11.3. The van der Waals surface area contributed by atoms with Gasteiger partial charge in [-0.1, -0.05) is 12.1 Å². The van der Waals surface area contributed by atoms with Crippen molar-refractivity contribution in [2.24, 2.45) is 0 Å². The van der Waals surface area contributed by atoms with Gasteiger partial charge in [-0.25, -0.2) is 0 Å². The molecule has 1 amide bonds. The van der Waals surface area contributed by atoms with Crippen molar-refractivity contribution in [2.75, 3.05) is 19.8 Å². The fourth-order valence-electron chi connectivity index (χ4n) is 2.66. The second-order valence-electron chi connectivity index (χ2n) is 6.40. The third kappa shape index (κ3) is 5.91. The molecule has 1 N–H and O–H groups in total. The van der Waals surface area contributed by atoms with E-state index in [0.29, 0.717) is 30.5 Å². The van der Waals surface area contributed by atoms with Crippen molar-refractivity contribution < 1.29 is 19.0 Å². The fourth-order valence-corrected chi connectivity index (χ4v) is 2.66. The standard InChI is InChI=1S/C22H29NO4/c1-6-25-20-11-9-18(13-21(20)26-7-2)17(5)23-22(24)14-27-19-10-8-15(3)16(4)12-19/h8-13,17H,6-7,14H2,1-5H3,(H,23,24)/t17-/m0/s1. The molecule has 0 aromatic heterocycles. The summed E-state index contributed by atoms with van der Waals surface area (Å²) in [5.41, 5.74) is 3.28. The summed E-state index contributed by atoms with van der Waals surface area (Å²) in [6.45, 7) is 10.9. The van der Waals surface area contributed by atoms with Crippen molar-refractivity contribution in [1.82, 2.24) is 5.32 Å². The lowest BCUT2D eigenvalue weighted by Crippen LogP contribution is -2.31. The Balaban J connectivity index is 1.96. The Labute approximate surface area is 161 Å². The van der Waals surface area contributed by atoms with E-state index in [-0.39, 0.29) is 18.6 Å². The Morgan fingerprint density at radius 2 is 1.63 bits per heavy atom. The van der Waals surface area contributed by atoms with E-state index in [1.807, 2.05) is 71.0 Å². The zero-order valence-corrected chi connectivity index (χ0v) is 16.8. The normalized spacial score (nSPS) is 11.6. The molecule has 5 heteroatoms. The molecule has 1 atom stereocenters. The van der Waals surface area contributed by atoms with Crippen molar-refractivity contribution >= 4 is 5.91 Å². The Morgan fingerprint density at radius 3 is 2.30 bits per heavy atom. The summed E-state index contributed by atoms with van der Waals surface area (Å²) >= 11 is 0. The molecule has 0 fully saturated rings. The highest BCUT2D eigenvalue weighted by molar-refractivity contribution is 5.78. The molecule has 0 bridgehead atoms. The van der Waals surface area contributed by atoms with E-state index in [1.165, 1.54) is 5.56 Å². The van der Waals surface area contributed by atoms with Crippen LogP contribution in [0.15, 0.2) is 36.4 Å². The number of amides is 1. The fraction of sp³-hybridized carbons (Fsp3) is 0.409. The molecule has 0 aliphatic carbocycles. The van der Waals surface area contributed by atoms with E-state index in [2.05, 4.69) is 5.32 Å². The van der Waals surface area contributed by atoms with E-state index in [4.69, 9.17) is 14.2 Å². The van der Waals surface area contributed by atoms with Gasteiger partial charge in [0.05, 0.1) is 19.3 Å². The van der Waals surface area contributed by atoms with E-state index < -0.39 is 0 Å². The Hall–Kier alpha value is -2.69. The summed E-state index contributed by atoms with van der Waals surface area (Å²) in [6.07, 6.45) is 0. The first-order valence-corrected chi connectivity index (χ1v) is 9.33. The maximum Gasteiger partial charge on any atom is 0.258 e.